The van der Waals surface area contributed by atoms with Gasteiger partial charge in [0.1, 0.15) is 0 Å². The van der Waals surface area contributed by atoms with Gasteiger partial charge in [-0.25, -0.2) is 0 Å². The van der Waals surface area contributed by atoms with Crippen molar-refractivity contribution in [3.05, 3.63) is 41.0 Å². The number of benzene rings is 1. The molecule has 3 nitrogen and oxygen atoms in total. The largest absolute Gasteiger partial charge is 0.329 e. The molecule has 0 aliphatic rings. The SMILES string of the molecule is CCCC(C)N(C)C(CN)c1ccc(Cl)c2cccnc12. The van der Waals surface area contributed by atoms with E-state index in [1.807, 2.05) is 24.4 Å². The Labute approximate surface area is 132 Å². The number of nitrogens with two attached hydrogens (primary N) is 1. The topological polar surface area (TPSA) is 42.1 Å². The second-order valence-corrected chi connectivity index (χ2v) is 6.00. The Hall–Kier alpha value is -1.16. The Kier molecular flexibility index (Phi) is 5.57. The van der Waals surface area contributed by atoms with Crippen LogP contribution in [0.5, 0.6) is 0 Å². The lowest BCUT2D eigenvalue weighted by molar-refractivity contribution is 0.180. The zero-order chi connectivity index (χ0) is 15.4. The minimum Gasteiger partial charge on any atom is -0.329 e. The van der Waals surface area contributed by atoms with Gasteiger partial charge in [-0.2, -0.15) is 0 Å². The molecule has 2 atom stereocenters. The number of pyridine rings is 1. The predicted molar refractivity (Wildman–Crippen MR) is 90.7 cm³/mol. The Morgan fingerprint density at radius 3 is 2.76 bits per heavy atom. The molecule has 2 N–H and O–H groups in total. The fourth-order valence-electron chi connectivity index (χ4n) is 2.87. The zero-order valence-electron chi connectivity index (χ0n) is 13.0. The highest BCUT2D eigenvalue weighted by atomic mass is 35.5. The molecule has 4 heteroatoms. The van der Waals surface area contributed by atoms with Gasteiger partial charge < -0.3 is 5.73 Å². The van der Waals surface area contributed by atoms with Crippen LogP contribution in [0.4, 0.5) is 0 Å². The highest BCUT2D eigenvalue weighted by Crippen LogP contribution is 2.31. The lowest BCUT2D eigenvalue weighted by Crippen LogP contribution is -2.37. The molecule has 0 spiro atoms. The van der Waals surface area contributed by atoms with Crippen LogP contribution in [-0.4, -0.2) is 29.5 Å². The van der Waals surface area contributed by atoms with Crippen LogP contribution < -0.4 is 5.73 Å². The van der Waals surface area contributed by atoms with Crippen LogP contribution in [0.15, 0.2) is 30.5 Å². The molecular formula is C17H24ClN3. The summed E-state index contributed by atoms with van der Waals surface area (Å²) < 4.78 is 0. The van der Waals surface area contributed by atoms with E-state index < -0.39 is 0 Å². The average molecular weight is 306 g/mol. The zero-order valence-corrected chi connectivity index (χ0v) is 13.8. The van der Waals surface area contributed by atoms with E-state index in [0.29, 0.717) is 12.6 Å². The molecule has 0 bridgehead atoms. The maximum atomic E-state index is 6.28. The summed E-state index contributed by atoms with van der Waals surface area (Å²) in [4.78, 5) is 6.88. The number of nitrogens with zero attached hydrogens (tertiary/aromatic N) is 2. The molecule has 0 aliphatic carbocycles. The molecule has 2 unspecified atom stereocenters. The van der Waals surface area contributed by atoms with Crippen LogP contribution in [0.3, 0.4) is 0 Å². The van der Waals surface area contributed by atoms with E-state index >= 15 is 0 Å². The third kappa shape index (κ3) is 3.37. The lowest BCUT2D eigenvalue weighted by atomic mass is 9.99. The van der Waals surface area contributed by atoms with E-state index in [1.165, 1.54) is 6.42 Å². The fourth-order valence-corrected chi connectivity index (χ4v) is 3.09. The van der Waals surface area contributed by atoms with Crippen LogP contribution in [0.2, 0.25) is 5.02 Å². The van der Waals surface area contributed by atoms with Gasteiger partial charge in [0.2, 0.25) is 0 Å². The molecule has 0 saturated carbocycles. The molecule has 1 aromatic heterocycles. The summed E-state index contributed by atoms with van der Waals surface area (Å²) in [6.07, 6.45) is 4.14. The van der Waals surface area contributed by atoms with Gasteiger partial charge in [0.25, 0.3) is 0 Å². The Bertz CT molecular complexity index is 600. The van der Waals surface area contributed by atoms with E-state index in [0.717, 1.165) is 27.9 Å². The number of likely N-dealkylation sites (N-methyl/N-ethyl adjacent to an activating group) is 1. The predicted octanol–water partition coefficient (Wildman–Crippen LogP) is 4.01. The summed E-state index contributed by atoms with van der Waals surface area (Å²) >= 11 is 6.28. The van der Waals surface area contributed by atoms with Crippen molar-refractivity contribution in [2.75, 3.05) is 13.6 Å². The standard InChI is InChI=1S/C17H24ClN3/c1-4-6-12(2)21(3)16(11-19)14-8-9-15(18)13-7-5-10-20-17(13)14/h5,7-10,12,16H,4,6,11,19H2,1-3H3. The van der Waals surface area contributed by atoms with Crippen molar-refractivity contribution >= 4 is 22.5 Å². The minimum absolute atomic E-state index is 0.154. The van der Waals surface area contributed by atoms with Gasteiger partial charge in [0.05, 0.1) is 5.52 Å². The monoisotopic (exact) mass is 305 g/mol. The first-order chi connectivity index (χ1) is 10.1. The van der Waals surface area contributed by atoms with Crippen LogP contribution >= 0.6 is 11.6 Å². The lowest BCUT2D eigenvalue weighted by Gasteiger charge is -2.33. The second kappa shape index (κ2) is 7.21. The number of hydrogen-bond donors (Lipinski definition) is 1. The molecule has 2 aromatic rings. The third-order valence-electron chi connectivity index (χ3n) is 4.22. The molecule has 0 radical (unpaired) electrons. The minimum atomic E-state index is 0.154. The van der Waals surface area contributed by atoms with Gasteiger partial charge in [0.15, 0.2) is 0 Å². The Morgan fingerprint density at radius 2 is 2.10 bits per heavy atom. The van der Waals surface area contributed by atoms with Crippen molar-refractivity contribution in [3.8, 4) is 0 Å². The van der Waals surface area contributed by atoms with Crippen molar-refractivity contribution < 1.29 is 0 Å². The highest BCUT2D eigenvalue weighted by molar-refractivity contribution is 6.35. The molecule has 1 aromatic carbocycles. The van der Waals surface area contributed by atoms with Crippen LogP contribution in [0.1, 0.15) is 38.3 Å². The smallest absolute Gasteiger partial charge is 0.0765 e. The molecule has 114 valence electrons. The first-order valence-corrected chi connectivity index (χ1v) is 7.93. The van der Waals surface area contributed by atoms with Crippen molar-refractivity contribution in [2.45, 2.75) is 38.8 Å². The van der Waals surface area contributed by atoms with Crippen molar-refractivity contribution in [1.29, 1.82) is 0 Å². The summed E-state index contributed by atoms with van der Waals surface area (Å²) in [6, 6.07) is 8.57. The third-order valence-corrected chi connectivity index (χ3v) is 4.55. The van der Waals surface area contributed by atoms with Gasteiger partial charge in [-0.15, -0.1) is 0 Å². The fraction of sp³-hybridized carbons (Fsp3) is 0.471. The van der Waals surface area contributed by atoms with E-state index in [4.69, 9.17) is 17.3 Å². The van der Waals surface area contributed by atoms with E-state index in [-0.39, 0.29) is 6.04 Å². The van der Waals surface area contributed by atoms with Gasteiger partial charge in [-0.3, -0.25) is 9.88 Å². The molecule has 0 aliphatic heterocycles. The first kappa shape index (κ1) is 16.2. The summed E-state index contributed by atoms with van der Waals surface area (Å²) in [5.41, 5.74) is 8.18. The number of fused-ring (bicyclic) bond motifs is 1. The molecule has 1 heterocycles. The van der Waals surface area contributed by atoms with Crippen molar-refractivity contribution in [2.24, 2.45) is 5.73 Å². The number of aromatic nitrogens is 1. The van der Waals surface area contributed by atoms with Gasteiger partial charge in [0, 0.05) is 35.2 Å². The van der Waals surface area contributed by atoms with Crippen molar-refractivity contribution in [1.82, 2.24) is 9.88 Å². The summed E-state index contributed by atoms with van der Waals surface area (Å²) in [6.45, 7) is 5.02. The summed E-state index contributed by atoms with van der Waals surface area (Å²) in [7, 11) is 2.14. The number of hydrogen-bond acceptors (Lipinski definition) is 3. The molecule has 0 amide bonds. The normalized spacial score (nSPS) is 14.6. The highest BCUT2D eigenvalue weighted by Gasteiger charge is 2.22. The van der Waals surface area contributed by atoms with Gasteiger partial charge in [-0.05, 0) is 44.2 Å². The number of halogens is 1. The van der Waals surface area contributed by atoms with Crippen LogP contribution in [0.25, 0.3) is 10.9 Å². The molecular weight excluding hydrogens is 282 g/mol. The van der Waals surface area contributed by atoms with Gasteiger partial charge in [-0.1, -0.05) is 31.0 Å². The second-order valence-electron chi connectivity index (χ2n) is 5.59. The van der Waals surface area contributed by atoms with E-state index in [1.54, 1.807) is 0 Å². The van der Waals surface area contributed by atoms with E-state index in [2.05, 4.69) is 36.8 Å². The Balaban J connectivity index is 2.45. The summed E-state index contributed by atoms with van der Waals surface area (Å²) in [5.74, 6) is 0. The Morgan fingerprint density at radius 1 is 1.33 bits per heavy atom. The van der Waals surface area contributed by atoms with Gasteiger partial charge >= 0.3 is 0 Å². The van der Waals surface area contributed by atoms with Crippen molar-refractivity contribution in [3.63, 3.8) is 0 Å². The van der Waals surface area contributed by atoms with Crippen LogP contribution in [0, 0.1) is 0 Å². The quantitative estimate of drug-likeness (QED) is 0.877. The van der Waals surface area contributed by atoms with Crippen LogP contribution in [-0.2, 0) is 0 Å². The summed E-state index contributed by atoms with van der Waals surface area (Å²) in [5, 5.41) is 1.73. The number of rotatable bonds is 6. The molecule has 0 fully saturated rings. The maximum Gasteiger partial charge on any atom is 0.0765 e. The maximum absolute atomic E-state index is 6.28. The molecule has 2 rings (SSSR count). The average Bonchev–Trinajstić information content (AvgIpc) is 2.50. The first-order valence-electron chi connectivity index (χ1n) is 7.55. The molecule has 21 heavy (non-hydrogen) atoms. The van der Waals surface area contributed by atoms with E-state index in [9.17, 15) is 0 Å². The molecule has 0 saturated heterocycles.